The van der Waals surface area contributed by atoms with Crippen molar-refractivity contribution in [2.24, 2.45) is 0 Å². The summed E-state index contributed by atoms with van der Waals surface area (Å²) in [7, 11) is -7.43. The number of rotatable bonds is 2. The van der Waals surface area contributed by atoms with Gasteiger partial charge in [0.25, 0.3) is 10.1 Å². The second-order valence-electron chi connectivity index (χ2n) is 4.84. The normalized spacial score (nSPS) is 12.3. The van der Waals surface area contributed by atoms with E-state index in [1.165, 1.54) is 18.2 Å². The molecule has 10 heteroatoms. The summed E-state index contributed by atoms with van der Waals surface area (Å²) in [4.78, 5) is -0.273. The third-order valence-corrected chi connectivity index (χ3v) is 3.04. The van der Waals surface area contributed by atoms with Gasteiger partial charge in [-0.05, 0) is 12.1 Å². The lowest BCUT2D eigenvalue weighted by Crippen LogP contribution is -2.29. The number of hydroxylamine groups is 1. The first kappa shape index (κ1) is 19.2. The molecular weight excluding hydrogens is 322 g/mol. The second kappa shape index (κ2) is 7.29. The average Bonchev–Trinajstić information content (AvgIpc) is 2.26. The maximum Gasteiger partial charge on any atom is 0.425 e. The van der Waals surface area contributed by atoms with E-state index in [0.29, 0.717) is 4.74 Å². The van der Waals surface area contributed by atoms with Crippen molar-refractivity contribution in [2.45, 2.75) is 31.2 Å². The van der Waals surface area contributed by atoms with Crippen LogP contribution in [0.2, 0.25) is 0 Å². The standard InChI is InChI=1S/C11H15NO4S.O3S/c1-11(2,3)12(13)8-9-6-4-5-7-10(9)17(14,15)16;1-4(2)3/h4-8H,1-3H3,(H,14,15,16);. The fourth-order valence-corrected chi connectivity index (χ4v) is 1.81. The summed E-state index contributed by atoms with van der Waals surface area (Å²) < 4.78 is 57.2. The van der Waals surface area contributed by atoms with Gasteiger partial charge in [-0.1, -0.05) is 12.1 Å². The monoisotopic (exact) mass is 337 g/mol. The molecule has 8 nitrogen and oxygen atoms in total. The first-order valence-corrected chi connectivity index (χ1v) is 7.94. The third-order valence-electron chi connectivity index (χ3n) is 2.11. The number of benzene rings is 1. The molecule has 0 unspecified atom stereocenters. The molecule has 21 heavy (non-hydrogen) atoms. The Bertz CT molecular complexity index is 721. The van der Waals surface area contributed by atoms with E-state index >= 15 is 0 Å². The predicted octanol–water partition coefficient (Wildman–Crippen LogP) is 0.657. The molecule has 1 aromatic carbocycles. The lowest BCUT2D eigenvalue weighted by molar-refractivity contribution is -0.530. The second-order valence-corrected chi connectivity index (χ2v) is 6.64. The predicted molar refractivity (Wildman–Crippen MR) is 74.5 cm³/mol. The molecule has 0 amide bonds. The van der Waals surface area contributed by atoms with Crippen LogP contribution in [0, 0.1) is 5.21 Å². The van der Waals surface area contributed by atoms with E-state index < -0.39 is 26.3 Å². The molecule has 0 radical (unpaired) electrons. The minimum atomic E-state index is -4.32. The highest BCUT2D eigenvalue weighted by atomic mass is 32.2. The van der Waals surface area contributed by atoms with Gasteiger partial charge in [0, 0.05) is 20.8 Å². The summed E-state index contributed by atoms with van der Waals surface area (Å²) in [6, 6.07) is 5.78. The molecule has 0 heterocycles. The van der Waals surface area contributed by atoms with Crippen molar-refractivity contribution in [1.82, 2.24) is 0 Å². The Balaban J connectivity index is 0.000000885. The summed E-state index contributed by atoms with van der Waals surface area (Å²) >= 11 is 0. The smallest absolute Gasteiger partial charge is 0.425 e. The van der Waals surface area contributed by atoms with E-state index in [0.717, 1.165) is 6.21 Å². The van der Waals surface area contributed by atoms with Crippen LogP contribution in [0.25, 0.3) is 0 Å². The van der Waals surface area contributed by atoms with Crippen molar-refractivity contribution < 1.29 is 30.3 Å². The number of nitrogens with zero attached hydrogens (tertiary/aromatic N) is 1. The van der Waals surface area contributed by atoms with E-state index in [2.05, 4.69) is 0 Å². The Morgan fingerprint density at radius 1 is 1.19 bits per heavy atom. The first-order valence-electron chi connectivity index (χ1n) is 5.50. The van der Waals surface area contributed by atoms with Crippen molar-refractivity contribution in [3.8, 4) is 0 Å². The zero-order chi connectivity index (χ0) is 16.8. The minimum absolute atomic E-state index is 0.167. The van der Waals surface area contributed by atoms with E-state index in [1.54, 1.807) is 26.8 Å². The third kappa shape index (κ3) is 7.54. The summed E-state index contributed by atoms with van der Waals surface area (Å²) in [5.74, 6) is 0. The van der Waals surface area contributed by atoms with E-state index in [-0.39, 0.29) is 10.5 Å². The Hall–Kier alpha value is -1.78. The summed E-state index contributed by atoms with van der Waals surface area (Å²) in [6.07, 6.45) is 1.16. The summed E-state index contributed by atoms with van der Waals surface area (Å²) in [5, 5.41) is 11.7. The van der Waals surface area contributed by atoms with Crippen molar-refractivity contribution in [3.05, 3.63) is 35.0 Å². The fourth-order valence-electron chi connectivity index (χ4n) is 1.14. The molecule has 0 atom stereocenters. The van der Waals surface area contributed by atoms with Crippen LogP contribution in [0.15, 0.2) is 29.2 Å². The lowest BCUT2D eigenvalue weighted by atomic mass is 10.1. The molecule has 0 fully saturated rings. The lowest BCUT2D eigenvalue weighted by Gasteiger charge is -2.18. The van der Waals surface area contributed by atoms with E-state index in [1.807, 2.05) is 0 Å². The number of hydrogen-bond donors (Lipinski definition) is 1. The Morgan fingerprint density at radius 3 is 2.00 bits per heavy atom. The highest BCUT2D eigenvalue weighted by molar-refractivity contribution is 7.86. The van der Waals surface area contributed by atoms with Gasteiger partial charge in [0.15, 0.2) is 11.8 Å². The first-order chi connectivity index (χ1) is 9.35. The highest BCUT2D eigenvalue weighted by Gasteiger charge is 2.21. The molecule has 1 N–H and O–H groups in total. The Kier molecular flexibility index (Phi) is 6.67. The molecule has 0 aromatic heterocycles. The minimum Gasteiger partial charge on any atom is -0.623 e. The molecule has 0 aliphatic heterocycles. The molecule has 0 aliphatic carbocycles. The SMILES string of the molecule is CC(C)(C)[N+]([O-])=Cc1ccccc1S(=O)(=O)O.O=S(=O)=O. The van der Waals surface area contributed by atoms with Crippen LogP contribution in [0.3, 0.4) is 0 Å². The largest absolute Gasteiger partial charge is 0.623 e. The maximum atomic E-state index is 11.7. The van der Waals surface area contributed by atoms with Gasteiger partial charge in [-0.2, -0.15) is 8.42 Å². The van der Waals surface area contributed by atoms with Crippen LogP contribution in [0.4, 0.5) is 0 Å². The van der Waals surface area contributed by atoms with Gasteiger partial charge in [0.2, 0.25) is 0 Å². The van der Waals surface area contributed by atoms with Crippen molar-refractivity contribution in [2.75, 3.05) is 0 Å². The molecule has 0 bridgehead atoms. The topological polar surface area (TPSA) is 132 Å². The zero-order valence-electron chi connectivity index (χ0n) is 11.5. The van der Waals surface area contributed by atoms with Gasteiger partial charge in [0.05, 0.1) is 5.56 Å². The van der Waals surface area contributed by atoms with Crippen LogP contribution in [-0.2, 0) is 20.7 Å². The molecule has 1 rings (SSSR count). The summed E-state index contributed by atoms with van der Waals surface area (Å²) in [5.41, 5.74) is -0.508. The van der Waals surface area contributed by atoms with E-state index in [4.69, 9.17) is 17.2 Å². The van der Waals surface area contributed by atoms with Crippen LogP contribution >= 0.6 is 0 Å². The van der Waals surface area contributed by atoms with Crippen LogP contribution < -0.4 is 0 Å². The molecule has 0 aliphatic rings. The number of hydrogen-bond acceptors (Lipinski definition) is 6. The van der Waals surface area contributed by atoms with Crippen molar-refractivity contribution in [3.63, 3.8) is 0 Å². The van der Waals surface area contributed by atoms with Crippen LogP contribution in [-0.4, -0.2) is 42.1 Å². The Morgan fingerprint density at radius 2 is 1.62 bits per heavy atom. The van der Waals surface area contributed by atoms with Gasteiger partial charge >= 0.3 is 10.6 Å². The van der Waals surface area contributed by atoms with E-state index in [9.17, 15) is 13.6 Å². The van der Waals surface area contributed by atoms with Gasteiger partial charge in [-0.3, -0.25) is 4.55 Å². The molecule has 0 saturated carbocycles. The quantitative estimate of drug-likeness (QED) is 0.275. The van der Waals surface area contributed by atoms with Gasteiger partial charge in [-0.25, -0.2) is 4.74 Å². The van der Waals surface area contributed by atoms with Gasteiger partial charge in [-0.15, -0.1) is 12.6 Å². The van der Waals surface area contributed by atoms with Crippen LogP contribution in [0.5, 0.6) is 0 Å². The molecular formula is C11H15NO7S2. The fraction of sp³-hybridized carbons (Fsp3) is 0.364. The molecule has 118 valence electrons. The van der Waals surface area contributed by atoms with Gasteiger partial charge < -0.3 is 5.21 Å². The molecule has 1 aromatic rings. The summed E-state index contributed by atoms with van der Waals surface area (Å²) in [6.45, 7) is 5.10. The highest BCUT2D eigenvalue weighted by Crippen LogP contribution is 2.14. The zero-order valence-corrected chi connectivity index (χ0v) is 13.2. The van der Waals surface area contributed by atoms with Gasteiger partial charge in [0.1, 0.15) is 4.90 Å². The van der Waals surface area contributed by atoms with Crippen LogP contribution in [0.1, 0.15) is 26.3 Å². The average molecular weight is 337 g/mol. The Labute approximate surface area is 124 Å². The molecule has 0 spiro atoms. The van der Waals surface area contributed by atoms with Crippen molar-refractivity contribution in [1.29, 1.82) is 0 Å². The maximum absolute atomic E-state index is 11.7. The molecule has 0 saturated heterocycles. The van der Waals surface area contributed by atoms with Crippen molar-refractivity contribution >= 4 is 26.9 Å².